The first-order valence-corrected chi connectivity index (χ1v) is 4.21. The molecule has 0 bridgehead atoms. The number of nitrogens with zero attached hydrogens (tertiary/aromatic N) is 3. The van der Waals surface area contributed by atoms with Gasteiger partial charge < -0.3 is 4.98 Å². The second-order valence-corrected chi connectivity index (χ2v) is 2.83. The molecule has 0 aliphatic carbocycles. The first-order valence-electron chi connectivity index (χ1n) is 4.21. The van der Waals surface area contributed by atoms with E-state index in [0.717, 1.165) is 17.1 Å². The summed E-state index contributed by atoms with van der Waals surface area (Å²) in [6.07, 6.45) is 5.46. The number of H-pyrrole nitrogens is 1. The molecule has 2 aromatic heterocycles. The molecule has 0 aliphatic heterocycles. The van der Waals surface area contributed by atoms with E-state index in [0.29, 0.717) is 6.42 Å². The molecule has 4 heteroatoms. The summed E-state index contributed by atoms with van der Waals surface area (Å²) in [6.45, 7) is 0. The van der Waals surface area contributed by atoms with E-state index in [1.54, 1.807) is 18.6 Å². The van der Waals surface area contributed by atoms with Crippen molar-refractivity contribution in [2.75, 3.05) is 0 Å². The fourth-order valence-electron chi connectivity index (χ4n) is 1.19. The third-order valence-electron chi connectivity index (χ3n) is 1.85. The third-order valence-corrected chi connectivity index (χ3v) is 1.85. The van der Waals surface area contributed by atoms with E-state index in [1.165, 1.54) is 0 Å². The van der Waals surface area contributed by atoms with Gasteiger partial charge in [-0.2, -0.15) is 5.26 Å². The number of hydrogen-bond donors (Lipinski definition) is 1. The highest BCUT2D eigenvalue weighted by Crippen LogP contribution is 2.13. The Kier molecular flexibility index (Phi) is 2.24. The highest BCUT2D eigenvalue weighted by Gasteiger charge is 2.01. The van der Waals surface area contributed by atoms with Crippen LogP contribution in [0.25, 0.3) is 11.4 Å². The van der Waals surface area contributed by atoms with E-state index in [2.05, 4.69) is 21.0 Å². The molecule has 0 aromatic carbocycles. The molecule has 2 rings (SSSR count). The molecule has 0 aliphatic rings. The molecule has 14 heavy (non-hydrogen) atoms. The summed E-state index contributed by atoms with van der Waals surface area (Å²) in [7, 11) is 0. The molecule has 68 valence electrons. The van der Waals surface area contributed by atoms with Crippen LogP contribution in [0.3, 0.4) is 0 Å². The van der Waals surface area contributed by atoms with Crippen molar-refractivity contribution in [2.24, 2.45) is 0 Å². The second-order valence-electron chi connectivity index (χ2n) is 2.83. The summed E-state index contributed by atoms with van der Waals surface area (Å²) >= 11 is 0. The van der Waals surface area contributed by atoms with Crippen molar-refractivity contribution in [3.63, 3.8) is 0 Å². The molecule has 0 saturated carbocycles. The molecular formula is C10H8N4. The SMILES string of the molecule is N#CCc1cnc(-c2ccncc2)[nH]1. The van der Waals surface area contributed by atoms with Crippen molar-refractivity contribution in [1.82, 2.24) is 15.0 Å². The monoisotopic (exact) mass is 184 g/mol. The van der Waals surface area contributed by atoms with Crippen LogP contribution in [0, 0.1) is 11.3 Å². The number of pyridine rings is 1. The first-order chi connectivity index (χ1) is 6.90. The van der Waals surface area contributed by atoms with Crippen LogP contribution in [0.15, 0.2) is 30.7 Å². The van der Waals surface area contributed by atoms with Crippen molar-refractivity contribution < 1.29 is 0 Å². The van der Waals surface area contributed by atoms with E-state index in [9.17, 15) is 0 Å². The standard InChI is InChI=1S/C10H8N4/c11-4-1-9-7-13-10(14-9)8-2-5-12-6-3-8/h2-3,5-7H,1H2,(H,13,14). The fraction of sp³-hybridized carbons (Fsp3) is 0.100. The Morgan fingerprint density at radius 2 is 2.14 bits per heavy atom. The molecule has 2 heterocycles. The van der Waals surface area contributed by atoms with Crippen molar-refractivity contribution >= 4 is 0 Å². The van der Waals surface area contributed by atoms with Crippen LogP contribution < -0.4 is 0 Å². The smallest absolute Gasteiger partial charge is 0.137 e. The minimum absolute atomic E-state index is 0.359. The van der Waals surface area contributed by atoms with Crippen LogP contribution in [-0.2, 0) is 6.42 Å². The van der Waals surface area contributed by atoms with E-state index in [4.69, 9.17) is 5.26 Å². The molecule has 2 aromatic rings. The third kappa shape index (κ3) is 1.62. The number of rotatable bonds is 2. The van der Waals surface area contributed by atoms with Crippen molar-refractivity contribution in [3.8, 4) is 17.5 Å². The highest BCUT2D eigenvalue weighted by molar-refractivity contribution is 5.53. The van der Waals surface area contributed by atoms with Gasteiger partial charge in [0.1, 0.15) is 5.82 Å². The molecule has 1 N–H and O–H groups in total. The summed E-state index contributed by atoms with van der Waals surface area (Å²) in [5, 5.41) is 8.49. The molecule has 0 amide bonds. The number of nitrogens with one attached hydrogen (secondary N) is 1. The van der Waals surface area contributed by atoms with Gasteiger partial charge in [-0.25, -0.2) is 4.98 Å². The largest absolute Gasteiger partial charge is 0.341 e. The molecule has 0 atom stereocenters. The second kappa shape index (κ2) is 3.71. The Bertz CT molecular complexity index is 452. The Labute approximate surface area is 81.3 Å². The van der Waals surface area contributed by atoms with Crippen LogP contribution in [-0.4, -0.2) is 15.0 Å². The van der Waals surface area contributed by atoms with Crippen molar-refractivity contribution in [2.45, 2.75) is 6.42 Å². The van der Waals surface area contributed by atoms with Gasteiger partial charge in [-0.15, -0.1) is 0 Å². The van der Waals surface area contributed by atoms with Crippen molar-refractivity contribution in [3.05, 3.63) is 36.4 Å². The average Bonchev–Trinajstić information content (AvgIpc) is 2.68. The van der Waals surface area contributed by atoms with Crippen LogP contribution >= 0.6 is 0 Å². The lowest BCUT2D eigenvalue weighted by molar-refractivity contribution is 1.16. The normalized spacial score (nSPS) is 9.64. The Balaban J connectivity index is 2.31. The highest BCUT2D eigenvalue weighted by atomic mass is 14.9. The zero-order valence-corrected chi connectivity index (χ0v) is 7.44. The predicted molar refractivity (Wildman–Crippen MR) is 51.1 cm³/mol. The fourth-order valence-corrected chi connectivity index (χ4v) is 1.19. The van der Waals surface area contributed by atoms with Gasteiger partial charge in [-0.3, -0.25) is 4.98 Å². The van der Waals surface area contributed by atoms with Gasteiger partial charge in [-0.05, 0) is 12.1 Å². The molecule has 0 saturated heterocycles. The number of aromatic nitrogens is 3. The van der Waals surface area contributed by atoms with Crippen LogP contribution in [0.5, 0.6) is 0 Å². The lowest BCUT2D eigenvalue weighted by Gasteiger charge is -1.93. The van der Waals surface area contributed by atoms with Crippen LogP contribution in [0.1, 0.15) is 5.69 Å². The maximum absolute atomic E-state index is 8.49. The maximum atomic E-state index is 8.49. The summed E-state index contributed by atoms with van der Waals surface area (Å²) in [6, 6.07) is 5.81. The summed E-state index contributed by atoms with van der Waals surface area (Å²) in [5.74, 6) is 0.776. The number of aromatic amines is 1. The summed E-state index contributed by atoms with van der Waals surface area (Å²) in [5.41, 5.74) is 1.81. The predicted octanol–water partition coefficient (Wildman–Crippen LogP) is 1.54. The minimum atomic E-state index is 0.359. The molecule has 0 radical (unpaired) electrons. The van der Waals surface area contributed by atoms with Gasteiger partial charge in [0.15, 0.2) is 0 Å². The molecular weight excluding hydrogens is 176 g/mol. The van der Waals surface area contributed by atoms with Gasteiger partial charge in [0.05, 0.1) is 12.5 Å². The lowest BCUT2D eigenvalue weighted by atomic mass is 10.2. The van der Waals surface area contributed by atoms with Crippen LogP contribution in [0.4, 0.5) is 0 Å². The van der Waals surface area contributed by atoms with Gasteiger partial charge in [0.2, 0.25) is 0 Å². The quantitative estimate of drug-likeness (QED) is 0.769. The molecule has 0 fully saturated rings. The van der Waals surface area contributed by atoms with E-state index < -0.39 is 0 Å². The average molecular weight is 184 g/mol. The van der Waals surface area contributed by atoms with E-state index >= 15 is 0 Å². The number of hydrogen-bond acceptors (Lipinski definition) is 3. The Morgan fingerprint density at radius 1 is 1.36 bits per heavy atom. The van der Waals surface area contributed by atoms with Gasteiger partial charge >= 0.3 is 0 Å². The zero-order valence-electron chi connectivity index (χ0n) is 7.44. The van der Waals surface area contributed by atoms with Crippen LogP contribution in [0.2, 0.25) is 0 Å². The Morgan fingerprint density at radius 3 is 2.86 bits per heavy atom. The van der Waals surface area contributed by atoms with Gasteiger partial charge in [0, 0.05) is 29.8 Å². The van der Waals surface area contributed by atoms with E-state index in [-0.39, 0.29) is 0 Å². The van der Waals surface area contributed by atoms with Crippen molar-refractivity contribution in [1.29, 1.82) is 5.26 Å². The minimum Gasteiger partial charge on any atom is -0.341 e. The maximum Gasteiger partial charge on any atom is 0.137 e. The summed E-state index contributed by atoms with van der Waals surface area (Å²) < 4.78 is 0. The molecule has 0 unspecified atom stereocenters. The molecule has 0 spiro atoms. The zero-order chi connectivity index (χ0) is 9.80. The van der Waals surface area contributed by atoms with E-state index in [1.807, 2.05) is 12.1 Å². The number of imidazole rings is 1. The lowest BCUT2D eigenvalue weighted by Crippen LogP contribution is -1.82. The van der Waals surface area contributed by atoms with Gasteiger partial charge in [0.25, 0.3) is 0 Å². The molecule has 4 nitrogen and oxygen atoms in total. The Hall–Kier alpha value is -2.15. The first kappa shape index (κ1) is 8.45. The number of nitriles is 1. The van der Waals surface area contributed by atoms with Gasteiger partial charge in [-0.1, -0.05) is 0 Å². The topological polar surface area (TPSA) is 65.4 Å². The summed E-state index contributed by atoms with van der Waals surface area (Å²) in [4.78, 5) is 11.2.